The molecule has 1 aromatic carbocycles. The van der Waals surface area contributed by atoms with Crippen LogP contribution in [0.1, 0.15) is 31.4 Å². The molecule has 0 aromatic heterocycles. The molecule has 0 aliphatic heterocycles. The van der Waals surface area contributed by atoms with Gasteiger partial charge < -0.3 is 5.32 Å². The fourth-order valence-electron chi connectivity index (χ4n) is 1.57. The van der Waals surface area contributed by atoms with Gasteiger partial charge in [0.1, 0.15) is 11.6 Å². The van der Waals surface area contributed by atoms with Crippen molar-refractivity contribution in [2.45, 2.75) is 32.0 Å². The molecule has 0 bridgehead atoms. The Hall–Kier alpha value is -1.17. The van der Waals surface area contributed by atoms with Crippen molar-refractivity contribution >= 4 is 0 Å². The maximum absolute atomic E-state index is 13.3. The third kappa shape index (κ3) is 5.00. The summed E-state index contributed by atoms with van der Waals surface area (Å²) in [6.45, 7) is 1.74. The second-order valence-electron chi connectivity index (χ2n) is 4.06. The first-order valence-corrected chi connectivity index (χ1v) is 5.54. The van der Waals surface area contributed by atoms with Crippen LogP contribution in [0.5, 0.6) is 0 Å². The number of nitrogens with one attached hydrogen (secondary N) is 1. The Balaban J connectivity index is 2.43. The number of rotatable bonds is 5. The van der Waals surface area contributed by atoms with Gasteiger partial charge in [-0.1, -0.05) is 6.07 Å². The van der Waals surface area contributed by atoms with Crippen LogP contribution in [0, 0.1) is 11.6 Å². The summed E-state index contributed by atoms with van der Waals surface area (Å²) < 4.78 is 61.6. The van der Waals surface area contributed by atoms with E-state index in [4.69, 9.17) is 0 Å². The zero-order valence-electron chi connectivity index (χ0n) is 9.82. The molecule has 0 fully saturated rings. The number of alkyl halides is 3. The highest BCUT2D eigenvalue weighted by atomic mass is 19.4. The Morgan fingerprint density at radius 1 is 1.22 bits per heavy atom. The van der Waals surface area contributed by atoms with E-state index in [1.54, 1.807) is 6.92 Å². The third-order valence-corrected chi connectivity index (χ3v) is 2.52. The summed E-state index contributed by atoms with van der Waals surface area (Å²) in [5.74, 6) is -1.38. The lowest BCUT2D eigenvalue weighted by Gasteiger charge is -2.15. The van der Waals surface area contributed by atoms with E-state index in [1.807, 2.05) is 0 Å². The van der Waals surface area contributed by atoms with Crippen molar-refractivity contribution in [2.75, 3.05) is 6.54 Å². The molecule has 1 unspecified atom stereocenters. The summed E-state index contributed by atoms with van der Waals surface area (Å²) in [6.07, 6.45) is -5.12. The van der Waals surface area contributed by atoms with Crippen LogP contribution in [-0.4, -0.2) is 12.7 Å². The lowest BCUT2D eigenvalue weighted by molar-refractivity contribution is -0.135. The average Bonchev–Trinajstić information content (AvgIpc) is 2.22. The highest BCUT2D eigenvalue weighted by Crippen LogP contribution is 2.21. The minimum absolute atomic E-state index is 0.0728. The molecular formula is C12H14F5N. The monoisotopic (exact) mass is 267 g/mol. The van der Waals surface area contributed by atoms with Gasteiger partial charge in [0.05, 0.1) is 0 Å². The molecule has 1 aromatic rings. The number of benzene rings is 1. The van der Waals surface area contributed by atoms with Crippen molar-refractivity contribution in [3.05, 3.63) is 35.4 Å². The Labute approximate surface area is 102 Å². The summed E-state index contributed by atoms with van der Waals surface area (Å²) in [4.78, 5) is 0. The molecule has 6 heteroatoms. The molecule has 0 saturated carbocycles. The topological polar surface area (TPSA) is 12.0 Å². The van der Waals surface area contributed by atoms with Gasteiger partial charge in [0.15, 0.2) is 0 Å². The fourth-order valence-corrected chi connectivity index (χ4v) is 1.57. The molecule has 0 radical (unpaired) electrons. The van der Waals surface area contributed by atoms with Crippen LogP contribution in [0.15, 0.2) is 18.2 Å². The normalized spacial score (nSPS) is 13.7. The van der Waals surface area contributed by atoms with Crippen molar-refractivity contribution in [3.63, 3.8) is 0 Å². The molecule has 0 aliphatic rings. The van der Waals surface area contributed by atoms with Crippen LogP contribution in [0.3, 0.4) is 0 Å². The van der Waals surface area contributed by atoms with E-state index in [0.29, 0.717) is 0 Å². The highest BCUT2D eigenvalue weighted by Gasteiger charge is 2.26. The first kappa shape index (κ1) is 14.9. The minimum atomic E-state index is -4.17. The van der Waals surface area contributed by atoms with Gasteiger partial charge in [-0.15, -0.1) is 0 Å². The number of halogens is 5. The zero-order valence-corrected chi connectivity index (χ0v) is 9.82. The molecule has 1 rings (SSSR count). The maximum atomic E-state index is 13.3. The van der Waals surface area contributed by atoms with E-state index in [9.17, 15) is 22.0 Å². The van der Waals surface area contributed by atoms with Crippen molar-refractivity contribution in [3.8, 4) is 0 Å². The van der Waals surface area contributed by atoms with Crippen LogP contribution in [0.25, 0.3) is 0 Å². The van der Waals surface area contributed by atoms with Crippen molar-refractivity contribution in [1.82, 2.24) is 5.32 Å². The Kier molecular flexibility index (Phi) is 5.07. The van der Waals surface area contributed by atoms with Crippen LogP contribution in [0.2, 0.25) is 0 Å². The molecular weight excluding hydrogens is 253 g/mol. The molecule has 1 N–H and O–H groups in total. The van der Waals surface area contributed by atoms with E-state index >= 15 is 0 Å². The standard InChI is InChI=1S/C12H14F5N/c1-8(18-6-2-5-12(15,16)17)10-4-3-9(13)7-11(10)14/h3-4,7-8,18H,2,5-6H2,1H3. The Morgan fingerprint density at radius 3 is 2.44 bits per heavy atom. The van der Waals surface area contributed by atoms with Crippen LogP contribution in [-0.2, 0) is 0 Å². The van der Waals surface area contributed by atoms with Crippen molar-refractivity contribution in [2.24, 2.45) is 0 Å². The molecule has 0 heterocycles. The summed E-state index contributed by atoms with van der Waals surface area (Å²) in [5, 5.41) is 2.77. The molecule has 1 atom stereocenters. The predicted octanol–water partition coefficient (Wildman–Crippen LogP) is 3.96. The average molecular weight is 267 g/mol. The summed E-state index contributed by atoms with van der Waals surface area (Å²) in [5.41, 5.74) is 0.239. The van der Waals surface area contributed by atoms with Gasteiger partial charge in [-0.05, 0) is 26.0 Å². The highest BCUT2D eigenvalue weighted by molar-refractivity contribution is 5.21. The lowest BCUT2D eigenvalue weighted by atomic mass is 10.1. The number of hydrogen-bond donors (Lipinski definition) is 1. The summed E-state index contributed by atoms with van der Waals surface area (Å²) in [6, 6.07) is 2.69. The van der Waals surface area contributed by atoms with Gasteiger partial charge in [0.25, 0.3) is 0 Å². The van der Waals surface area contributed by atoms with Gasteiger partial charge in [0, 0.05) is 24.1 Å². The molecule has 0 amide bonds. The fraction of sp³-hybridized carbons (Fsp3) is 0.500. The minimum Gasteiger partial charge on any atom is -0.310 e. The Bertz CT molecular complexity index is 389. The quantitative estimate of drug-likeness (QED) is 0.629. The van der Waals surface area contributed by atoms with E-state index in [2.05, 4.69) is 5.32 Å². The summed E-state index contributed by atoms with van der Waals surface area (Å²) >= 11 is 0. The lowest BCUT2D eigenvalue weighted by Crippen LogP contribution is -2.22. The van der Waals surface area contributed by atoms with Gasteiger partial charge in [-0.2, -0.15) is 13.2 Å². The van der Waals surface area contributed by atoms with Gasteiger partial charge in [0.2, 0.25) is 0 Å². The van der Waals surface area contributed by atoms with E-state index in [-0.39, 0.29) is 18.5 Å². The first-order chi connectivity index (χ1) is 8.29. The van der Waals surface area contributed by atoms with Gasteiger partial charge in [-0.25, -0.2) is 8.78 Å². The smallest absolute Gasteiger partial charge is 0.310 e. The third-order valence-electron chi connectivity index (χ3n) is 2.52. The molecule has 0 saturated heterocycles. The number of hydrogen-bond acceptors (Lipinski definition) is 1. The van der Waals surface area contributed by atoms with E-state index < -0.39 is 30.3 Å². The van der Waals surface area contributed by atoms with Crippen LogP contribution in [0.4, 0.5) is 22.0 Å². The predicted molar refractivity (Wildman–Crippen MR) is 58.1 cm³/mol. The maximum Gasteiger partial charge on any atom is 0.389 e. The van der Waals surface area contributed by atoms with Crippen molar-refractivity contribution in [1.29, 1.82) is 0 Å². The van der Waals surface area contributed by atoms with Crippen molar-refractivity contribution < 1.29 is 22.0 Å². The second kappa shape index (κ2) is 6.13. The first-order valence-electron chi connectivity index (χ1n) is 5.54. The molecule has 0 spiro atoms. The van der Waals surface area contributed by atoms with Gasteiger partial charge in [-0.3, -0.25) is 0 Å². The van der Waals surface area contributed by atoms with Crippen LogP contribution < -0.4 is 5.32 Å². The van der Waals surface area contributed by atoms with Gasteiger partial charge >= 0.3 is 6.18 Å². The largest absolute Gasteiger partial charge is 0.389 e. The SMILES string of the molecule is CC(NCCCC(F)(F)F)c1ccc(F)cc1F. The molecule has 102 valence electrons. The van der Waals surface area contributed by atoms with E-state index in [0.717, 1.165) is 12.1 Å². The second-order valence-corrected chi connectivity index (χ2v) is 4.06. The molecule has 18 heavy (non-hydrogen) atoms. The van der Waals surface area contributed by atoms with Crippen LogP contribution >= 0.6 is 0 Å². The van der Waals surface area contributed by atoms with E-state index in [1.165, 1.54) is 6.07 Å². The zero-order chi connectivity index (χ0) is 13.8. The molecule has 1 nitrogen and oxygen atoms in total. The summed E-state index contributed by atoms with van der Waals surface area (Å²) in [7, 11) is 0. The Morgan fingerprint density at radius 2 is 1.89 bits per heavy atom. The molecule has 0 aliphatic carbocycles.